The summed E-state index contributed by atoms with van der Waals surface area (Å²) in [4.78, 5) is 27.3. The first-order valence-corrected chi connectivity index (χ1v) is 10.9. The van der Waals surface area contributed by atoms with Gasteiger partial charge in [0.05, 0.1) is 5.75 Å². The van der Waals surface area contributed by atoms with Gasteiger partial charge in [-0.2, -0.15) is 0 Å². The zero-order chi connectivity index (χ0) is 20.4. The molecule has 0 spiro atoms. The average molecular weight is 399 g/mol. The topological polar surface area (TPSA) is 49.4 Å². The zero-order valence-electron chi connectivity index (χ0n) is 17.0. The van der Waals surface area contributed by atoms with Crippen molar-refractivity contribution < 1.29 is 9.59 Å². The van der Waals surface area contributed by atoms with Crippen LogP contribution in [0.4, 0.5) is 0 Å². The minimum absolute atomic E-state index is 0.000362. The molecule has 28 heavy (non-hydrogen) atoms. The van der Waals surface area contributed by atoms with Crippen molar-refractivity contribution in [3.8, 4) is 0 Å². The molecule has 0 saturated carbocycles. The van der Waals surface area contributed by atoms with Crippen molar-refractivity contribution in [1.29, 1.82) is 0 Å². The second-order valence-electron chi connectivity index (χ2n) is 6.80. The van der Waals surface area contributed by atoms with Crippen LogP contribution >= 0.6 is 11.8 Å². The smallest absolute Gasteiger partial charge is 0.242 e. The molecule has 0 fully saturated rings. The van der Waals surface area contributed by atoms with E-state index in [0.717, 1.165) is 11.3 Å². The van der Waals surface area contributed by atoms with Crippen LogP contribution in [-0.2, 0) is 21.9 Å². The molecule has 1 unspecified atom stereocenters. The molecule has 0 heterocycles. The fourth-order valence-corrected chi connectivity index (χ4v) is 3.89. The summed E-state index contributed by atoms with van der Waals surface area (Å²) >= 11 is 1.59. The number of hydrogen-bond acceptors (Lipinski definition) is 3. The molecule has 2 aromatic rings. The molecular weight excluding hydrogens is 368 g/mol. The molecule has 150 valence electrons. The van der Waals surface area contributed by atoms with Crippen molar-refractivity contribution >= 4 is 23.6 Å². The van der Waals surface area contributed by atoms with Crippen LogP contribution in [0.2, 0.25) is 0 Å². The van der Waals surface area contributed by atoms with Crippen LogP contribution in [0.15, 0.2) is 54.6 Å². The van der Waals surface area contributed by atoms with Gasteiger partial charge in [-0.25, -0.2) is 0 Å². The minimum Gasteiger partial charge on any atom is -0.355 e. The van der Waals surface area contributed by atoms with E-state index in [4.69, 9.17) is 0 Å². The Morgan fingerprint density at radius 3 is 2.29 bits per heavy atom. The molecule has 1 atom stereocenters. The Morgan fingerprint density at radius 1 is 1.00 bits per heavy atom. The molecular formula is C23H30N2O2S. The van der Waals surface area contributed by atoms with Gasteiger partial charge in [0.2, 0.25) is 11.8 Å². The van der Waals surface area contributed by atoms with Gasteiger partial charge in [0, 0.05) is 18.8 Å². The minimum atomic E-state index is -0.453. The van der Waals surface area contributed by atoms with E-state index in [1.807, 2.05) is 63.2 Å². The second-order valence-corrected chi connectivity index (χ2v) is 7.79. The van der Waals surface area contributed by atoms with E-state index in [1.165, 1.54) is 11.1 Å². The van der Waals surface area contributed by atoms with Crippen LogP contribution in [-0.4, -0.2) is 35.1 Å². The number of carbonyl (C=O) groups excluding carboxylic acids is 2. The monoisotopic (exact) mass is 398 g/mol. The highest BCUT2D eigenvalue weighted by Crippen LogP contribution is 2.17. The molecule has 2 amide bonds. The highest BCUT2D eigenvalue weighted by Gasteiger charge is 2.28. The number of thioether (sulfide) groups is 1. The van der Waals surface area contributed by atoms with E-state index in [-0.39, 0.29) is 11.8 Å². The molecule has 0 aliphatic carbocycles. The number of rotatable bonds is 10. The summed E-state index contributed by atoms with van der Waals surface area (Å²) in [6.45, 7) is 6.89. The third-order valence-corrected chi connectivity index (χ3v) is 5.54. The van der Waals surface area contributed by atoms with E-state index >= 15 is 0 Å². The van der Waals surface area contributed by atoms with Gasteiger partial charge in [0.15, 0.2) is 0 Å². The van der Waals surface area contributed by atoms with Crippen molar-refractivity contribution in [1.82, 2.24) is 10.2 Å². The molecule has 2 aromatic carbocycles. The molecule has 0 aliphatic heterocycles. The Hall–Kier alpha value is -2.27. The first-order valence-electron chi connectivity index (χ1n) is 9.79. The van der Waals surface area contributed by atoms with E-state index in [9.17, 15) is 9.59 Å². The lowest BCUT2D eigenvalue weighted by Crippen LogP contribution is -2.49. The second kappa shape index (κ2) is 11.5. The Bertz CT molecular complexity index is 747. The first-order chi connectivity index (χ1) is 13.5. The summed E-state index contributed by atoms with van der Waals surface area (Å²) in [6, 6.07) is 17.8. The zero-order valence-corrected chi connectivity index (χ0v) is 17.8. The number of nitrogens with zero attached hydrogens (tertiary/aromatic N) is 1. The first kappa shape index (κ1) is 22.0. The van der Waals surface area contributed by atoms with Gasteiger partial charge in [-0.3, -0.25) is 9.59 Å². The van der Waals surface area contributed by atoms with Gasteiger partial charge in [-0.05, 0) is 31.4 Å². The van der Waals surface area contributed by atoms with Crippen molar-refractivity contribution in [2.45, 2.75) is 45.5 Å². The fraction of sp³-hybridized carbons (Fsp3) is 0.391. The summed E-state index contributed by atoms with van der Waals surface area (Å²) in [7, 11) is 0. The highest BCUT2D eigenvalue weighted by atomic mass is 32.2. The lowest BCUT2D eigenvalue weighted by Gasteiger charge is -2.30. The van der Waals surface area contributed by atoms with Gasteiger partial charge >= 0.3 is 0 Å². The van der Waals surface area contributed by atoms with Gasteiger partial charge < -0.3 is 10.2 Å². The van der Waals surface area contributed by atoms with E-state index in [1.54, 1.807) is 16.7 Å². The molecule has 0 bridgehead atoms. The third-order valence-electron chi connectivity index (χ3n) is 4.55. The maximum absolute atomic E-state index is 13.0. The number of hydrogen-bond donors (Lipinski definition) is 1. The average Bonchev–Trinajstić information content (AvgIpc) is 2.70. The van der Waals surface area contributed by atoms with Crippen LogP contribution < -0.4 is 5.32 Å². The Morgan fingerprint density at radius 2 is 1.68 bits per heavy atom. The third kappa shape index (κ3) is 6.71. The fourth-order valence-electron chi connectivity index (χ4n) is 3.02. The van der Waals surface area contributed by atoms with Crippen LogP contribution in [0.25, 0.3) is 0 Å². The van der Waals surface area contributed by atoms with Crippen LogP contribution in [0.3, 0.4) is 0 Å². The van der Waals surface area contributed by atoms with Crippen molar-refractivity contribution in [2.75, 3.05) is 12.3 Å². The standard InChI is InChI=1S/C23H30N2O2S/c1-4-21(23(27)24-5-2)25(15-19-13-11-18(3)12-14-19)22(26)17-28-16-20-9-7-6-8-10-20/h6-14,21H,4-5,15-17H2,1-3H3,(H,24,27). The molecule has 0 aromatic heterocycles. The van der Waals surface area contributed by atoms with Gasteiger partial charge in [0.1, 0.15) is 6.04 Å². The van der Waals surface area contributed by atoms with Gasteiger partial charge in [0.25, 0.3) is 0 Å². The summed E-state index contributed by atoms with van der Waals surface area (Å²) in [5, 5.41) is 2.87. The number of carbonyl (C=O) groups is 2. The van der Waals surface area contributed by atoms with Gasteiger partial charge in [-0.15, -0.1) is 11.8 Å². The molecule has 1 N–H and O–H groups in total. The molecule has 2 rings (SSSR count). The van der Waals surface area contributed by atoms with Crippen LogP contribution in [0, 0.1) is 6.92 Å². The van der Waals surface area contributed by atoms with Crippen molar-refractivity contribution in [3.63, 3.8) is 0 Å². The van der Waals surface area contributed by atoms with Gasteiger partial charge in [-0.1, -0.05) is 67.1 Å². The lowest BCUT2D eigenvalue weighted by atomic mass is 10.1. The van der Waals surface area contributed by atoms with E-state index < -0.39 is 6.04 Å². The highest BCUT2D eigenvalue weighted by molar-refractivity contribution is 7.99. The molecule has 0 aliphatic rings. The number of nitrogens with one attached hydrogen (secondary N) is 1. The Kier molecular flexibility index (Phi) is 9.08. The Balaban J connectivity index is 2.09. The summed E-state index contributed by atoms with van der Waals surface area (Å²) in [5.41, 5.74) is 3.41. The summed E-state index contributed by atoms with van der Waals surface area (Å²) < 4.78 is 0. The van der Waals surface area contributed by atoms with E-state index in [0.29, 0.717) is 25.3 Å². The predicted molar refractivity (Wildman–Crippen MR) is 117 cm³/mol. The summed E-state index contributed by atoms with van der Waals surface area (Å²) in [5.74, 6) is 1.05. The van der Waals surface area contributed by atoms with Crippen LogP contribution in [0.5, 0.6) is 0 Å². The number of amides is 2. The maximum Gasteiger partial charge on any atom is 0.242 e. The SMILES string of the molecule is CCNC(=O)C(CC)N(Cc1ccc(C)cc1)C(=O)CSCc1ccccc1. The number of aryl methyl sites for hydroxylation is 1. The lowest BCUT2D eigenvalue weighted by molar-refractivity contribution is -0.139. The number of likely N-dealkylation sites (N-methyl/N-ethyl adjacent to an activating group) is 1. The predicted octanol–water partition coefficient (Wildman–Crippen LogP) is 4.17. The molecule has 5 heteroatoms. The van der Waals surface area contributed by atoms with Crippen molar-refractivity contribution in [3.05, 3.63) is 71.3 Å². The van der Waals surface area contributed by atoms with Crippen LogP contribution in [0.1, 0.15) is 37.0 Å². The number of benzene rings is 2. The molecule has 4 nitrogen and oxygen atoms in total. The molecule has 0 saturated heterocycles. The van der Waals surface area contributed by atoms with E-state index in [2.05, 4.69) is 17.4 Å². The largest absolute Gasteiger partial charge is 0.355 e. The van der Waals surface area contributed by atoms with Crippen molar-refractivity contribution in [2.24, 2.45) is 0 Å². The Labute approximate surface area is 172 Å². The quantitative estimate of drug-likeness (QED) is 0.653. The maximum atomic E-state index is 13.0. The summed E-state index contributed by atoms with van der Waals surface area (Å²) in [6.07, 6.45) is 0.590. The molecule has 0 radical (unpaired) electrons. The normalized spacial score (nSPS) is 11.7.